The summed E-state index contributed by atoms with van der Waals surface area (Å²) in [5.41, 5.74) is 5.39. The summed E-state index contributed by atoms with van der Waals surface area (Å²) in [6.45, 7) is 1.67. The van der Waals surface area contributed by atoms with Crippen LogP contribution in [0.3, 0.4) is 0 Å². The molecule has 0 radical (unpaired) electrons. The molecule has 100 valence electrons. The topological polar surface area (TPSA) is 52.3 Å². The molecular weight excluding hydrogens is 247 g/mol. The van der Waals surface area contributed by atoms with Gasteiger partial charge in [0.2, 0.25) is 0 Å². The zero-order valence-corrected chi connectivity index (χ0v) is 10.0. The molecule has 1 atom stereocenters. The van der Waals surface area contributed by atoms with E-state index in [1.54, 1.807) is 6.92 Å². The number of nitrogens with two attached hydrogens (primary N) is 1. The summed E-state index contributed by atoms with van der Waals surface area (Å²) in [4.78, 5) is 11.1. The third-order valence-electron chi connectivity index (χ3n) is 2.51. The first kappa shape index (κ1) is 14.5. The Morgan fingerprint density at radius 1 is 1.44 bits per heavy atom. The van der Waals surface area contributed by atoms with E-state index in [-0.39, 0.29) is 12.0 Å². The molecule has 0 spiro atoms. The second-order valence-electron chi connectivity index (χ2n) is 3.99. The number of alkyl halides is 3. The van der Waals surface area contributed by atoms with E-state index in [1.165, 1.54) is 12.1 Å². The molecule has 0 fully saturated rings. The van der Waals surface area contributed by atoms with Crippen LogP contribution in [-0.4, -0.2) is 19.1 Å². The van der Waals surface area contributed by atoms with Crippen molar-refractivity contribution in [1.29, 1.82) is 0 Å². The predicted octanol–water partition coefficient (Wildman–Crippen LogP) is 2.06. The summed E-state index contributed by atoms with van der Waals surface area (Å²) in [7, 11) is 1.14. The van der Waals surface area contributed by atoms with E-state index in [4.69, 9.17) is 5.73 Å². The SMILES string of the molecule is COC(=O)C(N)Cc1cc(C)ccc1C(F)(F)F. The fourth-order valence-electron chi connectivity index (χ4n) is 1.64. The van der Waals surface area contributed by atoms with Crippen molar-refractivity contribution in [3.8, 4) is 0 Å². The van der Waals surface area contributed by atoms with Crippen LogP contribution < -0.4 is 5.73 Å². The Morgan fingerprint density at radius 3 is 2.56 bits per heavy atom. The molecule has 6 heteroatoms. The van der Waals surface area contributed by atoms with Gasteiger partial charge in [-0.05, 0) is 25.0 Å². The highest BCUT2D eigenvalue weighted by Crippen LogP contribution is 2.32. The average molecular weight is 261 g/mol. The lowest BCUT2D eigenvalue weighted by Crippen LogP contribution is -2.34. The minimum absolute atomic E-state index is 0.000370. The van der Waals surface area contributed by atoms with Crippen LogP contribution in [0.15, 0.2) is 18.2 Å². The number of esters is 1. The molecule has 1 rings (SSSR count). The van der Waals surface area contributed by atoms with Crippen LogP contribution in [0.2, 0.25) is 0 Å². The molecule has 0 bridgehead atoms. The quantitative estimate of drug-likeness (QED) is 0.847. The lowest BCUT2D eigenvalue weighted by atomic mass is 9.98. The molecule has 1 aromatic carbocycles. The van der Waals surface area contributed by atoms with Crippen LogP contribution in [0.1, 0.15) is 16.7 Å². The van der Waals surface area contributed by atoms with Gasteiger partial charge in [-0.3, -0.25) is 4.79 Å². The molecule has 0 aliphatic carbocycles. The van der Waals surface area contributed by atoms with Crippen LogP contribution >= 0.6 is 0 Å². The van der Waals surface area contributed by atoms with Crippen LogP contribution in [-0.2, 0) is 22.1 Å². The number of halogens is 3. The lowest BCUT2D eigenvalue weighted by Gasteiger charge is -2.16. The van der Waals surface area contributed by atoms with Gasteiger partial charge in [-0.2, -0.15) is 13.2 Å². The highest BCUT2D eigenvalue weighted by atomic mass is 19.4. The van der Waals surface area contributed by atoms with Crippen LogP contribution in [0.25, 0.3) is 0 Å². The number of methoxy groups -OCH3 is 1. The van der Waals surface area contributed by atoms with Crippen LogP contribution in [0.4, 0.5) is 13.2 Å². The standard InChI is InChI=1S/C12H14F3NO2/c1-7-3-4-9(12(13,14)15)8(5-7)6-10(16)11(17)18-2/h3-5,10H,6,16H2,1-2H3. The highest BCUT2D eigenvalue weighted by Gasteiger charge is 2.34. The number of aryl methyl sites for hydroxylation is 1. The van der Waals surface area contributed by atoms with E-state index in [2.05, 4.69) is 4.74 Å². The van der Waals surface area contributed by atoms with Crippen molar-refractivity contribution in [3.63, 3.8) is 0 Å². The number of benzene rings is 1. The van der Waals surface area contributed by atoms with Crippen LogP contribution in [0, 0.1) is 6.92 Å². The molecule has 0 saturated heterocycles. The number of carbonyl (C=O) groups is 1. The van der Waals surface area contributed by atoms with Gasteiger partial charge in [0.1, 0.15) is 6.04 Å². The van der Waals surface area contributed by atoms with E-state index in [0.29, 0.717) is 5.56 Å². The highest BCUT2D eigenvalue weighted by molar-refractivity contribution is 5.75. The minimum atomic E-state index is -4.46. The Labute approximate surface area is 103 Å². The van der Waals surface area contributed by atoms with Gasteiger partial charge in [0.05, 0.1) is 12.7 Å². The molecular formula is C12H14F3NO2. The van der Waals surface area contributed by atoms with E-state index in [1.807, 2.05) is 0 Å². The molecule has 0 amide bonds. The third kappa shape index (κ3) is 3.46. The number of hydrogen-bond donors (Lipinski definition) is 1. The van der Waals surface area contributed by atoms with Gasteiger partial charge in [-0.25, -0.2) is 0 Å². The largest absolute Gasteiger partial charge is 0.468 e. The zero-order valence-electron chi connectivity index (χ0n) is 10.0. The maximum Gasteiger partial charge on any atom is 0.416 e. The van der Waals surface area contributed by atoms with Crippen molar-refractivity contribution < 1.29 is 22.7 Å². The van der Waals surface area contributed by atoms with Crippen LogP contribution in [0.5, 0.6) is 0 Å². The monoisotopic (exact) mass is 261 g/mol. The fourth-order valence-corrected chi connectivity index (χ4v) is 1.64. The first-order valence-electron chi connectivity index (χ1n) is 5.26. The van der Waals surface area contributed by atoms with Gasteiger partial charge in [0.15, 0.2) is 0 Å². The molecule has 0 aliphatic rings. The molecule has 0 aromatic heterocycles. The summed E-state index contributed by atoms with van der Waals surface area (Å²) in [5, 5.41) is 0. The zero-order chi connectivity index (χ0) is 13.9. The molecule has 1 aromatic rings. The van der Waals surface area contributed by atoms with E-state index < -0.39 is 23.8 Å². The Hall–Kier alpha value is -1.56. The van der Waals surface area contributed by atoms with Gasteiger partial charge in [-0.1, -0.05) is 17.7 Å². The summed E-state index contributed by atoms with van der Waals surface area (Å²) in [6, 6.07) is 2.65. The molecule has 0 saturated carbocycles. The summed E-state index contributed by atoms with van der Waals surface area (Å²) in [6.07, 6.45) is -4.66. The minimum Gasteiger partial charge on any atom is -0.468 e. The summed E-state index contributed by atoms with van der Waals surface area (Å²) in [5.74, 6) is -0.732. The van der Waals surface area contributed by atoms with Gasteiger partial charge in [-0.15, -0.1) is 0 Å². The second-order valence-corrected chi connectivity index (χ2v) is 3.99. The van der Waals surface area contributed by atoms with Gasteiger partial charge in [0.25, 0.3) is 0 Å². The van der Waals surface area contributed by atoms with Crippen molar-refractivity contribution in [2.24, 2.45) is 5.73 Å². The maximum atomic E-state index is 12.8. The maximum absolute atomic E-state index is 12.8. The third-order valence-corrected chi connectivity index (χ3v) is 2.51. The van der Waals surface area contributed by atoms with Crippen molar-refractivity contribution in [3.05, 3.63) is 34.9 Å². The fraction of sp³-hybridized carbons (Fsp3) is 0.417. The molecule has 2 N–H and O–H groups in total. The molecule has 3 nitrogen and oxygen atoms in total. The molecule has 0 heterocycles. The summed E-state index contributed by atoms with van der Waals surface area (Å²) >= 11 is 0. The van der Waals surface area contributed by atoms with Gasteiger partial charge < -0.3 is 10.5 Å². The lowest BCUT2D eigenvalue weighted by molar-refractivity contribution is -0.143. The predicted molar refractivity (Wildman–Crippen MR) is 59.9 cm³/mol. The Kier molecular flexibility index (Phi) is 4.34. The second kappa shape index (κ2) is 5.39. The first-order chi connectivity index (χ1) is 8.25. The normalized spacial score (nSPS) is 13.2. The number of rotatable bonds is 3. The Bertz CT molecular complexity index is 443. The van der Waals surface area contributed by atoms with Crippen molar-refractivity contribution >= 4 is 5.97 Å². The molecule has 1 unspecified atom stereocenters. The Balaban J connectivity index is 3.07. The number of hydrogen-bond acceptors (Lipinski definition) is 3. The van der Waals surface area contributed by atoms with Crippen molar-refractivity contribution in [2.75, 3.05) is 7.11 Å². The Morgan fingerprint density at radius 2 is 2.06 bits per heavy atom. The molecule has 0 aliphatic heterocycles. The number of ether oxygens (including phenoxy) is 1. The van der Waals surface area contributed by atoms with Gasteiger partial charge in [0, 0.05) is 0 Å². The van der Waals surface area contributed by atoms with E-state index in [9.17, 15) is 18.0 Å². The number of carbonyl (C=O) groups excluding carboxylic acids is 1. The van der Waals surface area contributed by atoms with E-state index >= 15 is 0 Å². The average Bonchev–Trinajstić information content (AvgIpc) is 2.26. The van der Waals surface area contributed by atoms with Gasteiger partial charge >= 0.3 is 12.1 Å². The van der Waals surface area contributed by atoms with Crippen molar-refractivity contribution in [1.82, 2.24) is 0 Å². The molecule has 18 heavy (non-hydrogen) atoms. The smallest absolute Gasteiger partial charge is 0.416 e. The van der Waals surface area contributed by atoms with E-state index in [0.717, 1.165) is 13.2 Å². The van der Waals surface area contributed by atoms with Crippen molar-refractivity contribution in [2.45, 2.75) is 25.6 Å². The first-order valence-corrected chi connectivity index (χ1v) is 5.26. The summed E-state index contributed by atoms with van der Waals surface area (Å²) < 4.78 is 42.7.